The number of nitrogens with zero attached hydrogens (tertiary/aromatic N) is 1. The second-order valence-corrected chi connectivity index (χ2v) is 9.69. The molecule has 1 amide bonds. The van der Waals surface area contributed by atoms with Crippen molar-refractivity contribution in [3.05, 3.63) is 83.9 Å². The number of aryl methyl sites for hydroxylation is 1. The SMILES string of the molecule is CC[C@H](NC(=O)CN(c1ccc(C)cc1)S(=O)(=O)c1ccc(OC)cc1)c1ccc(OC)cc1. The van der Waals surface area contributed by atoms with Crippen LogP contribution in [-0.4, -0.2) is 35.1 Å². The van der Waals surface area contributed by atoms with Gasteiger partial charge in [0, 0.05) is 0 Å². The molecule has 0 aliphatic rings. The van der Waals surface area contributed by atoms with Gasteiger partial charge >= 0.3 is 0 Å². The van der Waals surface area contributed by atoms with Crippen molar-refractivity contribution < 1.29 is 22.7 Å². The predicted octanol–water partition coefficient (Wildman–Crippen LogP) is 4.48. The molecule has 0 spiro atoms. The van der Waals surface area contributed by atoms with Crippen molar-refractivity contribution in [1.82, 2.24) is 5.32 Å². The van der Waals surface area contributed by atoms with Crippen LogP contribution in [0, 0.1) is 6.92 Å². The minimum Gasteiger partial charge on any atom is -0.497 e. The maximum absolute atomic E-state index is 13.5. The van der Waals surface area contributed by atoms with Crippen molar-refractivity contribution in [1.29, 1.82) is 0 Å². The molecule has 0 radical (unpaired) electrons. The minimum atomic E-state index is -4.00. The van der Waals surface area contributed by atoms with Gasteiger partial charge in [-0.3, -0.25) is 9.10 Å². The molecule has 1 N–H and O–H groups in total. The first kappa shape index (κ1) is 25.1. The number of carbonyl (C=O) groups is 1. The summed E-state index contributed by atoms with van der Waals surface area (Å²) in [5.74, 6) is 0.866. The molecule has 8 heteroatoms. The topological polar surface area (TPSA) is 84.9 Å². The number of sulfonamides is 1. The highest BCUT2D eigenvalue weighted by atomic mass is 32.2. The minimum absolute atomic E-state index is 0.0730. The Bertz CT molecular complexity index is 1190. The van der Waals surface area contributed by atoms with Crippen LogP contribution < -0.4 is 19.1 Å². The summed E-state index contributed by atoms with van der Waals surface area (Å²) < 4.78 is 38.5. The van der Waals surface area contributed by atoms with Gasteiger partial charge < -0.3 is 14.8 Å². The van der Waals surface area contributed by atoms with E-state index in [4.69, 9.17) is 9.47 Å². The summed E-state index contributed by atoms with van der Waals surface area (Å²) in [6.07, 6.45) is 0.647. The predicted molar refractivity (Wildman–Crippen MR) is 133 cm³/mol. The van der Waals surface area contributed by atoms with Crippen LogP contribution >= 0.6 is 0 Å². The quantitative estimate of drug-likeness (QED) is 0.461. The van der Waals surface area contributed by atoms with Crippen LogP contribution in [0.3, 0.4) is 0 Å². The average molecular weight is 483 g/mol. The number of amides is 1. The smallest absolute Gasteiger partial charge is 0.264 e. The summed E-state index contributed by atoms with van der Waals surface area (Å²) in [5.41, 5.74) is 2.31. The highest BCUT2D eigenvalue weighted by molar-refractivity contribution is 7.92. The molecule has 180 valence electrons. The molecule has 0 aromatic heterocycles. The number of ether oxygens (including phenoxy) is 2. The molecule has 3 rings (SSSR count). The highest BCUT2D eigenvalue weighted by Crippen LogP contribution is 2.26. The number of carbonyl (C=O) groups excluding carboxylic acids is 1. The van der Waals surface area contributed by atoms with Gasteiger partial charge in [-0.1, -0.05) is 36.8 Å². The van der Waals surface area contributed by atoms with Gasteiger partial charge in [-0.25, -0.2) is 8.42 Å². The van der Waals surface area contributed by atoms with E-state index >= 15 is 0 Å². The second-order valence-electron chi connectivity index (χ2n) is 7.82. The van der Waals surface area contributed by atoms with Crippen LogP contribution in [-0.2, 0) is 14.8 Å². The molecule has 0 aliphatic heterocycles. The molecule has 0 unspecified atom stereocenters. The molecule has 0 aliphatic carbocycles. The number of hydrogen-bond acceptors (Lipinski definition) is 5. The number of benzene rings is 3. The summed E-state index contributed by atoms with van der Waals surface area (Å²) in [6.45, 7) is 3.52. The van der Waals surface area contributed by atoms with E-state index < -0.39 is 15.9 Å². The Balaban J connectivity index is 1.88. The summed E-state index contributed by atoms with van der Waals surface area (Å²) >= 11 is 0. The van der Waals surface area contributed by atoms with Crippen molar-refractivity contribution in [3.63, 3.8) is 0 Å². The van der Waals surface area contributed by atoms with Crippen LogP contribution in [0.15, 0.2) is 77.7 Å². The van der Waals surface area contributed by atoms with Gasteiger partial charge in [0.2, 0.25) is 5.91 Å². The Morgan fingerprint density at radius 2 is 1.41 bits per heavy atom. The lowest BCUT2D eigenvalue weighted by atomic mass is 10.0. The lowest BCUT2D eigenvalue weighted by molar-refractivity contribution is -0.120. The fraction of sp³-hybridized carbons (Fsp3) is 0.269. The van der Waals surface area contributed by atoms with E-state index in [0.29, 0.717) is 17.9 Å². The van der Waals surface area contributed by atoms with E-state index in [1.807, 2.05) is 50.2 Å². The molecular formula is C26H30N2O5S. The Morgan fingerprint density at radius 3 is 1.91 bits per heavy atom. The Labute approximate surface area is 201 Å². The molecule has 0 bridgehead atoms. The van der Waals surface area contributed by atoms with Crippen LogP contribution in [0.5, 0.6) is 11.5 Å². The first-order chi connectivity index (χ1) is 16.3. The van der Waals surface area contributed by atoms with Crippen molar-refractivity contribution in [2.45, 2.75) is 31.2 Å². The number of rotatable bonds is 10. The Morgan fingerprint density at radius 1 is 0.882 bits per heavy atom. The van der Waals surface area contributed by atoms with Gasteiger partial charge in [0.25, 0.3) is 10.0 Å². The van der Waals surface area contributed by atoms with Crippen molar-refractivity contribution in [2.24, 2.45) is 0 Å². The molecule has 0 heterocycles. The summed E-state index contributed by atoms with van der Waals surface area (Å²) in [5, 5.41) is 2.97. The molecular weight excluding hydrogens is 452 g/mol. The lowest BCUT2D eigenvalue weighted by Crippen LogP contribution is -2.42. The van der Waals surface area contributed by atoms with Gasteiger partial charge in [-0.05, 0) is 67.4 Å². The van der Waals surface area contributed by atoms with Crippen molar-refractivity contribution in [2.75, 3.05) is 25.1 Å². The van der Waals surface area contributed by atoms with E-state index in [1.165, 1.54) is 19.2 Å². The second kappa shape index (κ2) is 11.1. The van der Waals surface area contributed by atoms with Gasteiger partial charge in [-0.15, -0.1) is 0 Å². The van der Waals surface area contributed by atoms with Crippen LogP contribution in [0.1, 0.15) is 30.5 Å². The zero-order valence-electron chi connectivity index (χ0n) is 19.8. The third kappa shape index (κ3) is 5.88. The van der Waals surface area contributed by atoms with Gasteiger partial charge in [-0.2, -0.15) is 0 Å². The first-order valence-corrected chi connectivity index (χ1v) is 12.4. The molecule has 1 atom stereocenters. The van der Waals surface area contributed by atoms with Crippen molar-refractivity contribution >= 4 is 21.6 Å². The third-order valence-electron chi connectivity index (χ3n) is 5.52. The maximum atomic E-state index is 13.5. The van der Waals surface area contributed by atoms with Gasteiger partial charge in [0.15, 0.2) is 0 Å². The van der Waals surface area contributed by atoms with Crippen LogP contribution in [0.25, 0.3) is 0 Å². The van der Waals surface area contributed by atoms with E-state index in [2.05, 4.69) is 5.32 Å². The zero-order valence-corrected chi connectivity index (χ0v) is 20.6. The number of nitrogens with one attached hydrogen (secondary N) is 1. The number of anilines is 1. The average Bonchev–Trinajstić information content (AvgIpc) is 2.86. The Kier molecular flexibility index (Phi) is 8.17. The molecule has 0 fully saturated rings. The molecule has 0 saturated carbocycles. The van der Waals surface area contributed by atoms with Crippen LogP contribution in [0.2, 0.25) is 0 Å². The molecule has 7 nitrogen and oxygen atoms in total. The summed E-state index contributed by atoms with van der Waals surface area (Å²) in [4.78, 5) is 13.1. The number of methoxy groups -OCH3 is 2. The van der Waals surface area contributed by atoms with E-state index in [1.54, 1.807) is 31.4 Å². The largest absolute Gasteiger partial charge is 0.497 e. The lowest BCUT2D eigenvalue weighted by Gasteiger charge is -2.26. The third-order valence-corrected chi connectivity index (χ3v) is 7.31. The van der Waals surface area contributed by atoms with Gasteiger partial charge in [0.1, 0.15) is 18.0 Å². The maximum Gasteiger partial charge on any atom is 0.264 e. The fourth-order valence-electron chi connectivity index (χ4n) is 3.53. The monoisotopic (exact) mass is 482 g/mol. The standard InChI is InChI=1S/C26H30N2O5S/c1-5-25(20-8-12-22(32-3)13-9-20)27-26(29)18-28(21-10-6-19(2)7-11-21)34(30,31)24-16-14-23(33-4)15-17-24/h6-17,25H,5,18H2,1-4H3,(H,27,29)/t25-/m0/s1. The summed E-state index contributed by atoms with van der Waals surface area (Å²) in [7, 11) is -0.895. The molecule has 3 aromatic rings. The molecule has 3 aromatic carbocycles. The number of hydrogen-bond donors (Lipinski definition) is 1. The first-order valence-electron chi connectivity index (χ1n) is 10.9. The molecule has 34 heavy (non-hydrogen) atoms. The summed E-state index contributed by atoms with van der Waals surface area (Å²) in [6, 6.07) is 20.3. The van der Waals surface area contributed by atoms with Gasteiger partial charge in [0.05, 0.1) is 30.8 Å². The normalized spacial score (nSPS) is 12.0. The van der Waals surface area contributed by atoms with Crippen molar-refractivity contribution in [3.8, 4) is 11.5 Å². The fourth-order valence-corrected chi connectivity index (χ4v) is 4.95. The van der Waals surface area contributed by atoms with E-state index in [9.17, 15) is 13.2 Å². The highest BCUT2D eigenvalue weighted by Gasteiger charge is 2.28. The van der Waals surface area contributed by atoms with Crippen LogP contribution in [0.4, 0.5) is 5.69 Å². The van der Waals surface area contributed by atoms with E-state index in [-0.39, 0.29) is 17.5 Å². The van der Waals surface area contributed by atoms with E-state index in [0.717, 1.165) is 21.2 Å². The zero-order chi connectivity index (χ0) is 24.7. The molecule has 0 saturated heterocycles. The Hall–Kier alpha value is -3.52.